The first-order valence-corrected chi connectivity index (χ1v) is 9.77. The fraction of sp³-hybridized carbons (Fsp3) is 0.0526. The molecule has 116 valence electrons. The molecule has 3 aromatic carbocycles. The van der Waals surface area contributed by atoms with Gasteiger partial charge >= 0.3 is 0 Å². The van der Waals surface area contributed by atoms with Gasteiger partial charge in [0.1, 0.15) is 6.26 Å². The Balaban J connectivity index is 2.02. The summed E-state index contributed by atoms with van der Waals surface area (Å²) in [5, 5.41) is 0.730. The largest absolute Gasteiger partial charge is 0.612 e. The number of benzene rings is 3. The van der Waals surface area contributed by atoms with Crippen LogP contribution in [-0.4, -0.2) is 10.8 Å². The van der Waals surface area contributed by atoms with E-state index < -0.39 is 11.2 Å². The average Bonchev–Trinajstić information content (AvgIpc) is 2.55. The Bertz CT molecular complexity index is 814. The van der Waals surface area contributed by atoms with Gasteiger partial charge in [0.25, 0.3) is 0 Å². The van der Waals surface area contributed by atoms with E-state index in [2.05, 4.69) is 40.2 Å². The molecule has 0 heterocycles. The van der Waals surface area contributed by atoms with Crippen molar-refractivity contribution in [3.8, 4) is 22.3 Å². The van der Waals surface area contributed by atoms with Crippen molar-refractivity contribution in [2.45, 2.75) is 4.90 Å². The van der Waals surface area contributed by atoms with Crippen LogP contribution in [0.2, 0.25) is 5.02 Å². The Hall–Kier alpha value is -1.26. The smallest absolute Gasteiger partial charge is 0.161 e. The van der Waals surface area contributed by atoms with Gasteiger partial charge in [0.15, 0.2) is 4.90 Å². The second kappa shape index (κ2) is 7.10. The molecule has 3 rings (SSSR count). The van der Waals surface area contributed by atoms with E-state index in [0.29, 0.717) is 0 Å². The summed E-state index contributed by atoms with van der Waals surface area (Å²) in [4.78, 5) is 0.832. The summed E-state index contributed by atoms with van der Waals surface area (Å²) in [6.07, 6.45) is 1.70. The van der Waals surface area contributed by atoms with Crippen LogP contribution in [0.3, 0.4) is 0 Å². The van der Waals surface area contributed by atoms with Crippen LogP contribution in [0.15, 0.2) is 76.1 Å². The normalized spacial score (nSPS) is 12.2. The highest BCUT2D eigenvalue weighted by molar-refractivity contribution is 9.10. The number of hydrogen-bond donors (Lipinski definition) is 0. The molecule has 0 aliphatic carbocycles. The first-order chi connectivity index (χ1) is 11.1. The van der Waals surface area contributed by atoms with Crippen molar-refractivity contribution in [2.75, 3.05) is 6.26 Å². The van der Waals surface area contributed by atoms with Gasteiger partial charge in [0.2, 0.25) is 0 Å². The molecule has 0 radical (unpaired) electrons. The van der Waals surface area contributed by atoms with Crippen molar-refractivity contribution >= 4 is 38.7 Å². The van der Waals surface area contributed by atoms with Crippen molar-refractivity contribution in [3.05, 3.63) is 76.2 Å². The third kappa shape index (κ3) is 3.64. The van der Waals surface area contributed by atoms with Gasteiger partial charge in [-0.05, 0) is 68.1 Å². The van der Waals surface area contributed by atoms with Crippen molar-refractivity contribution in [1.82, 2.24) is 0 Å². The lowest BCUT2D eigenvalue weighted by atomic mass is 10.0. The SMILES string of the molecule is C[S+]([O-])c1cccc(Br)c1-c1ccc(-c2ccc(Cl)cc2)cc1. The van der Waals surface area contributed by atoms with Crippen molar-refractivity contribution in [1.29, 1.82) is 0 Å². The standard InChI is InChI=1S/C19H14BrClOS/c1-23(22)18-4-2-3-17(20)19(18)15-7-5-13(6-8-15)14-9-11-16(21)12-10-14/h2-12H,1H3. The van der Waals surface area contributed by atoms with E-state index in [1.807, 2.05) is 42.5 Å². The summed E-state index contributed by atoms with van der Waals surface area (Å²) in [7, 11) is 0. The van der Waals surface area contributed by atoms with Gasteiger partial charge in [-0.3, -0.25) is 0 Å². The van der Waals surface area contributed by atoms with Crippen LogP contribution in [0.1, 0.15) is 0 Å². The lowest BCUT2D eigenvalue weighted by molar-refractivity contribution is 0.601. The molecule has 0 aliphatic rings. The predicted octanol–water partition coefficient (Wildman–Crippen LogP) is 6.17. The van der Waals surface area contributed by atoms with E-state index >= 15 is 0 Å². The minimum Gasteiger partial charge on any atom is -0.612 e. The molecule has 4 heteroatoms. The fourth-order valence-corrected chi connectivity index (χ4v) is 4.13. The van der Waals surface area contributed by atoms with Gasteiger partial charge in [-0.15, -0.1) is 0 Å². The monoisotopic (exact) mass is 404 g/mol. The molecular weight excluding hydrogens is 392 g/mol. The predicted molar refractivity (Wildman–Crippen MR) is 102 cm³/mol. The summed E-state index contributed by atoms with van der Waals surface area (Å²) >= 11 is 8.47. The average molecular weight is 406 g/mol. The van der Waals surface area contributed by atoms with E-state index in [9.17, 15) is 4.55 Å². The molecule has 1 atom stereocenters. The third-order valence-corrected chi connectivity index (χ3v) is 5.51. The van der Waals surface area contributed by atoms with Crippen molar-refractivity contribution in [2.24, 2.45) is 0 Å². The minimum absolute atomic E-state index is 0.730. The highest BCUT2D eigenvalue weighted by Gasteiger charge is 2.16. The molecule has 0 saturated carbocycles. The van der Waals surface area contributed by atoms with E-state index in [1.165, 1.54) is 0 Å². The summed E-state index contributed by atoms with van der Waals surface area (Å²) in [6, 6.07) is 21.8. The molecule has 0 spiro atoms. The van der Waals surface area contributed by atoms with Crippen molar-refractivity contribution < 1.29 is 4.55 Å². The maximum Gasteiger partial charge on any atom is 0.161 e. The summed E-state index contributed by atoms with van der Waals surface area (Å²) in [6.45, 7) is 0. The van der Waals surface area contributed by atoms with Gasteiger partial charge in [-0.1, -0.05) is 54.1 Å². The molecule has 3 aromatic rings. The molecule has 0 bridgehead atoms. The van der Waals surface area contributed by atoms with Crippen LogP contribution in [0.5, 0.6) is 0 Å². The summed E-state index contributed by atoms with van der Waals surface area (Å²) in [5.41, 5.74) is 4.26. The van der Waals surface area contributed by atoms with Gasteiger partial charge < -0.3 is 4.55 Å². The molecule has 0 amide bonds. The topological polar surface area (TPSA) is 23.1 Å². The molecule has 1 nitrogen and oxygen atoms in total. The Kier molecular flexibility index (Phi) is 5.12. The first kappa shape index (κ1) is 16.6. The zero-order valence-electron chi connectivity index (χ0n) is 12.4. The van der Waals surface area contributed by atoms with Crippen LogP contribution >= 0.6 is 27.5 Å². The Morgan fingerprint density at radius 3 is 1.91 bits per heavy atom. The molecular formula is C19H14BrClOS. The Morgan fingerprint density at radius 2 is 1.35 bits per heavy atom. The van der Waals surface area contributed by atoms with Crippen LogP contribution in [0, 0.1) is 0 Å². The quantitative estimate of drug-likeness (QED) is 0.478. The van der Waals surface area contributed by atoms with E-state index in [4.69, 9.17) is 11.6 Å². The minimum atomic E-state index is -1.04. The summed E-state index contributed by atoms with van der Waals surface area (Å²) in [5.74, 6) is 0. The van der Waals surface area contributed by atoms with E-state index in [1.54, 1.807) is 6.26 Å². The van der Waals surface area contributed by atoms with E-state index in [-0.39, 0.29) is 0 Å². The third-order valence-electron chi connectivity index (χ3n) is 3.64. The van der Waals surface area contributed by atoms with Gasteiger partial charge in [-0.2, -0.15) is 0 Å². The lowest BCUT2D eigenvalue weighted by Gasteiger charge is -2.13. The van der Waals surface area contributed by atoms with Crippen LogP contribution in [0.25, 0.3) is 22.3 Å². The molecule has 0 fully saturated rings. The van der Waals surface area contributed by atoms with Crippen LogP contribution in [-0.2, 0) is 11.2 Å². The zero-order valence-corrected chi connectivity index (χ0v) is 15.6. The van der Waals surface area contributed by atoms with Crippen molar-refractivity contribution in [3.63, 3.8) is 0 Å². The molecule has 0 aliphatic heterocycles. The molecule has 0 aromatic heterocycles. The highest BCUT2D eigenvalue weighted by Crippen LogP contribution is 2.35. The molecule has 0 N–H and O–H groups in total. The summed E-state index contributed by atoms with van der Waals surface area (Å²) < 4.78 is 12.9. The Morgan fingerprint density at radius 1 is 0.826 bits per heavy atom. The number of rotatable bonds is 3. The Labute approximate surface area is 152 Å². The van der Waals surface area contributed by atoms with Gasteiger partial charge in [0.05, 0.1) is 5.56 Å². The molecule has 23 heavy (non-hydrogen) atoms. The molecule has 1 unspecified atom stereocenters. The lowest BCUT2D eigenvalue weighted by Crippen LogP contribution is -2.00. The van der Waals surface area contributed by atoms with Crippen LogP contribution < -0.4 is 0 Å². The number of halogens is 2. The second-order valence-electron chi connectivity index (χ2n) is 5.15. The maximum atomic E-state index is 12.0. The first-order valence-electron chi connectivity index (χ1n) is 7.04. The maximum absolute atomic E-state index is 12.0. The second-order valence-corrected chi connectivity index (χ2v) is 7.79. The fourth-order valence-electron chi connectivity index (χ4n) is 2.50. The van der Waals surface area contributed by atoms with Crippen LogP contribution in [0.4, 0.5) is 0 Å². The molecule has 0 saturated heterocycles. The van der Waals surface area contributed by atoms with E-state index in [0.717, 1.165) is 36.6 Å². The van der Waals surface area contributed by atoms with Gasteiger partial charge in [-0.25, -0.2) is 0 Å². The highest BCUT2D eigenvalue weighted by atomic mass is 79.9. The zero-order chi connectivity index (χ0) is 16.4. The number of hydrogen-bond acceptors (Lipinski definition) is 1. The van der Waals surface area contributed by atoms with Gasteiger partial charge in [0, 0.05) is 9.50 Å².